The van der Waals surface area contributed by atoms with E-state index >= 15 is 0 Å². The van der Waals surface area contributed by atoms with Crippen LogP contribution < -0.4 is 14.2 Å². The Bertz CT molecular complexity index is 1630. The van der Waals surface area contributed by atoms with Crippen LogP contribution in [0.25, 0.3) is 22.3 Å². The summed E-state index contributed by atoms with van der Waals surface area (Å²) in [5.41, 5.74) is 3.21. The average Bonchev–Trinajstić information content (AvgIpc) is 3.12. The Morgan fingerprint density at radius 2 is 0.875 bits per heavy atom. The van der Waals surface area contributed by atoms with Crippen molar-refractivity contribution in [2.45, 2.75) is 61.4 Å². The fourth-order valence-corrected chi connectivity index (χ4v) is 5.76. The van der Waals surface area contributed by atoms with Crippen molar-refractivity contribution >= 4 is 0 Å². The normalized spacial score (nSPS) is 30.4. The van der Waals surface area contributed by atoms with Gasteiger partial charge in [-0.25, -0.2) is 0 Å². The van der Waals surface area contributed by atoms with Crippen LogP contribution in [-0.4, -0.2) is 110 Å². The van der Waals surface area contributed by atoms with Gasteiger partial charge in [0.05, 0.1) is 13.2 Å². The summed E-state index contributed by atoms with van der Waals surface area (Å²) < 4.78 is 29.1. The molecular formula is C36H38O12. The molecule has 0 aromatic heterocycles. The van der Waals surface area contributed by atoms with E-state index in [-0.39, 0.29) is 5.75 Å². The summed E-state index contributed by atoms with van der Waals surface area (Å²) in [5.74, 6) is 1.000. The van der Waals surface area contributed by atoms with E-state index in [1.165, 1.54) is 0 Å². The Morgan fingerprint density at radius 3 is 1.40 bits per heavy atom. The molecule has 2 saturated heterocycles. The van der Waals surface area contributed by atoms with Gasteiger partial charge in [0.2, 0.25) is 12.6 Å². The molecule has 0 spiro atoms. The van der Waals surface area contributed by atoms with E-state index in [0.29, 0.717) is 22.6 Å². The second-order valence-electron chi connectivity index (χ2n) is 11.7. The van der Waals surface area contributed by atoms with Gasteiger partial charge in [0.15, 0.2) is 12.2 Å². The summed E-state index contributed by atoms with van der Waals surface area (Å²) in [4.78, 5) is 0. The molecule has 7 N–H and O–H groups in total. The zero-order valence-electron chi connectivity index (χ0n) is 25.7. The first-order valence-corrected chi connectivity index (χ1v) is 15.5. The van der Waals surface area contributed by atoms with Crippen LogP contribution >= 0.6 is 0 Å². The lowest BCUT2D eigenvalue weighted by Gasteiger charge is -2.41. The molecule has 254 valence electrons. The summed E-state index contributed by atoms with van der Waals surface area (Å²) in [6.07, 6.45) is -13.5. The monoisotopic (exact) mass is 662 g/mol. The molecule has 10 atom stereocenters. The number of ether oxygens (including phenoxy) is 5. The van der Waals surface area contributed by atoms with Crippen molar-refractivity contribution in [2.75, 3.05) is 13.2 Å². The molecule has 6 rings (SSSR count). The quantitative estimate of drug-likeness (QED) is 0.130. The van der Waals surface area contributed by atoms with E-state index in [4.69, 9.17) is 23.7 Å². The van der Waals surface area contributed by atoms with Crippen molar-refractivity contribution in [1.29, 1.82) is 0 Å². The highest BCUT2D eigenvalue weighted by molar-refractivity contribution is 5.67. The maximum Gasteiger partial charge on any atom is 0.230 e. The summed E-state index contributed by atoms with van der Waals surface area (Å²) in [6.45, 7) is -1.12. The first kappa shape index (κ1) is 33.8. The van der Waals surface area contributed by atoms with Crippen molar-refractivity contribution in [1.82, 2.24) is 0 Å². The number of hydrogen-bond acceptors (Lipinski definition) is 12. The summed E-state index contributed by atoms with van der Waals surface area (Å²) in [5, 5.41) is 72.2. The molecule has 0 radical (unpaired) electrons. The second kappa shape index (κ2) is 15.0. The molecule has 2 aliphatic heterocycles. The highest BCUT2D eigenvalue weighted by Crippen LogP contribution is 2.33. The van der Waals surface area contributed by atoms with Gasteiger partial charge in [0.1, 0.15) is 53.9 Å². The largest absolute Gasteiger partial charge is 0.485 e. The number of aliphatic hydroxyl groups excluding tert-OH is 7. The smallest absolute Gasteiger partial charge is 0.230 e. The van der Waals surface area contributed by atoms with Gasteiger partial charge in [0.25, 0.3) is 0 Å². The predicted octanol–water partition coefficient (Wildman–Crippen LogP) is 1.46. The van der Waals surface area contributed by atoms with Crippen LogP contribution in [0.5, 0.6) is 17.2 Å². The SMILES string of the molecule is OCC1OC(Oc2cccc(-c3cccc(OC4C(O)C(CO)OC(Oc5cccc(-c6ccccc6)c5)C4O)c3)c2)C(O)C(O)C1O. The van der Waals surface area contributed by atoms with Crippen molar-refractivity contribution < 1.29 is 59.4 Å². The molecule has 0 saturated carbocycles. The van der Waals surface area contributed by atoms with E-state index in [9.17, 15) is 35.7 Å². The standard InChI is InChI=1S/C36H38O12/c37-18-27-29(39)31(41)32(42)35(47-27)45-26-14-6-11-23(17-26)22-10-5-12-24(16-22)44-34-30(40)28(19-38)48-36(33(34)43)46-25-13-4-9-21(15-25)20-7-2-1-3-8-20/h1-17,27-43H,18-19H2. The van der Waals surface area contributed by atoms with E-state index in [2.05, 4.69) is 0 Å². The van der Waals surface area contributed by atoms with Crippen LogP contribution in [0.4, 0.5) is 0 Å². The lowest BCUT2D eigenvalue weighted by molar-refractivity contribution is -0.277. The molecule has 4 aromatic carbocycles. The van der Waals surface area contributed by atoms with Gasteiger partial charge < -0.3 is 59.4 Å². The minimum atomic E-state index is -1.58. The molecule has 2 heterocycles. The number of benzene rings is 4. The highest BCUT2D eigenvalue weighted by Gasteiger charge is 2.47. The first-order chi connectivity index (χ1) is 23.2. The Balaban J connectivity index is 1.17. The number of aliphatic hydroxyl groups is 7. The summed E-state index contributed by atoms with van der Waals surface area (Å²) in [7, 11) is 0. The van der Waals surface area contributed by atoms with E-state index in [1.807, 2.05) is 42.5 Å². The molecule has 0 bridgehead atoms. The molecule has 2 aliphatic rings. The highest BCUT2D eigenvalue weighted by atomic mass is 16.7. The lowest BCUT2D eigenvalue weighted by atomic mass is 9.98. The van der Waals surface area contributed by atoms with Gasteiger partial charge in [-0.3, -0.25) is 0 Å². The van der Waals surface area contributed by atoms with Crippen molar-refractivity contribution in [3.63, 3.8) is 0 Å². The van der Waals surface area contributed by atoms with Crippen LogP contribution in [0, 0.1) is 0 Å². The number of rotatable bonds is 10. The molecule has 2 fully saturated rings. The fraction of sp³-hybridized carbons (Fsp3) is 0.333. The van der Waals surface area contributed by atoms with Gasteiger partial charge in [-0.05, 0) is 58.7 Å². The average molecular weight is 663 g/mol. The minimum Gasteiger partial charge on any atom is -0.485 e. The molecule has 4 aromatic rings. The Hall–Kier alpha value is -4.08. The lowest BCUT2D eigenvalue weighted by Crippen LogP contribution is -2.62. The summed E-state index contributed by atoms with van der Waals surface area (Å²) >= 11 is 0. The van der Waals surface area contributed by atoms with Crippen LogP contribution in [-0.2, 0) is 9.47 Å². The van der Waals surface area contributed by atoms with Gasteiger partial charge in [-0.15, -0.1) is 0 Å². The molecular weight excluding hydrogens is 624 g/mol. The van der Waals surface area contributed by atoms with Crippen LogP contribution in [0.2, 0.25) is 0 Å². The first-order valence-electron chi connectivity index (χ1n) is 15.5. The fourth-order valence-electron chi connectivity index (χ4n) is 5.76. The van der Waals surface area contributed by atoms with Gasteiger partial charge in [0, 0.05) is 0 Å². The van der Waals surface area contributed by atoms with Gasteiger partial charge >= 0.3 is 0 Å². The van der Waals surface area contributed by atoms with Crippen LogP contribution in [0.1, 0.15) is 0 Å². The maximum atomic E-state index is 11.3. The molecule has 12 heteroatoms. The van der Waals surface area contributed by atoms with Gasteiger partial charge in [-0.2, -0.15) is 0 Å². The Labute approximate surface area is 276 Å². The van der Waals surface area contributed by atoms with Crippen LogP contribution in [0.3, 0.4) is 0 Å². The van der Waals surface area contributed by atoms with Gasteiger partial charge in [-0.1, -0.05) is 66.7 Å². The molecule has 10 unspecified atom stereocenters. The summed E-state index contributed by atoms with van der Waals surface area (Å²) in [6, 6.07) is 30.6. The zero-order valence-corrected chi connectivity index (χ0v) is 25.7. The zero-order chi connectivity index (χ0) is 33.8. The van der Waals surface area contributed by atoms with Crippen molar-refractivity contribution in [2.24, 2.45) is 0 Å². The molecule has 0 aliphatic carbocycles. The molecule has 12 nitrogen and oxygen atoms in total. The topological polar surface area (TPSA) is 188 Å². The predicted molar refractivity (Wildman–Crippen MR) is 171 cm³/mol. The molecule has 0 amide bonds. The van der Waals surface area contributed by atoms with E-state index < -0.39 is 74.6 Å². The van der Waals surface area contributed by atoms with E-state index in [1.54, 1.807) is 60.7 Å². The van der Waals surface area contributed by atoms with Crippen molar-refractivity contribution in [3.8, 4) is 39.5 Å². The van der Waals surface area contributed by atoms with E-state index in [0.717, 1.165) is 11.1 Å². The Morgan fingerprint density at radius 1 is 0.438 bits per heavy atom. The second-order valence-corrected chi connectivity index (χ2v) is 11.7. The number of hydrogen-bond donors (Lipinski definition) is 7. The van der Waals surface area contributed by atoms with Crippen LogP contribution in [0.15, 0.2) is 103 Å². The van der Waals surface area contributed by atoms with Crippen molar-refractivity contribution in [3.05, 3.63) is 103 Å². The maximum absolute atomic E-state index is 11.3. The third-order valence-electron chi connectivity index (χ3n) is 8.39. The minimum absolute atomic E-state index is 0.278. The third kappa shape index (κ3) is 7.32. The molecule has 48 heavy (non-hydrogen) atoms. The third-order valence-corrected chi connectivity index (χ3v) is 8.39. The Kier molecular flexibility index (Phi) is 10.6.